The number of H-pyrrole nitrogens is 1. The van der Waals surface area contributed by atoms with Crippen LogP contribution in [-0.4, -0.2) is 59.2 Å². The summed E-state index contributed by atoms with van der Waals surface area (Å²) in [5.74, 6) is 0.619. The van der Waals surface area contributed by atoms with E-state index in [4.69, 9.17) is 21.1 Å². The van der Waals surface area contributed by atoms with Crippen molar-refractivity contribution in [2.75, 3.05) is 33.0 Å². The first-order chi connectivity index (χ1) is 15.9. The van der Waals surface area contributed by atoms with Crippen LogP contribution in [0.2, 0.25) is 5.02 Å². The number of benzene rings is 2. The number of amides is 1. The van der Waals surface area contributed by atoms with Gasteiger partial charge < -0.3 is 24.7 Å². The van der Waals surface area contributed by atoms with Crippen molar-refractivity contribution in [1.82, 2.24) is 9.88 Å². The van der Waals surface area contributed by atoms with Crippen LogP contribution >= 0.6 is 11.6 Å². The van der Waals surface area contributed by atoms with Gasteiger partial charge in [0, 0.05) is 33.6 Å². The minimum atomic E-state index is -0.719. The van der Waals surface area contributed by atoms with Crippen LogP contribution < -0.4 is 4.74 Å². The Morgan fingerprint density at radius 1 is 1.21 bits per heavy atom. The van der Waals surface area contributed by atoms with Crippen LogP contribution in [0.15, 0.2) is 42.5 Å². The summed E-state index contributed by atoms with van der Waals surface area (Å²) in [7, 11) is 0. The Morgan fingerprint density at radius 3 is 2.61 bits per heavy atom. The van der Waals surface area contributed by atoms with Gasteiger partial charge in [0.05, 0.1) is 26.4 Å². The molecule has 7 nitrogen and oxygen atoms in total. The molecule has 1 aliphatic rings. The molecule has 2 aromatic carbocycles. The van der Waals surface area contributed by atoms with Crippen LogP contribution in [0, 0.1) is 5.41 Å². The van der Waals surface area contributed by atoms with Crippen molar-refractivity contribution in [3.8, 4) is 5.75 Å². The summed E-state index contributed by atoms with van der Waals surface area (Å²) in [4.78, 5) is 18.0. The number of nitrogens with one attached hydrogen (secondary N) is 1. The molecule has 1 aliphatic heterocycles. The van der Waals surface area contributed by atoms with E-state index >= 15 is 0 Å². The summed E-state index contributed by atoms with van der Waals surface area (Å²) in [6.07, 6.45) is 0.347. The Labute approximate surface area is 197 Å². The van der Waals surface area contributed by atoms with Gasteiger partial charge in [0.1, 0.15) is 11.8 Å². The standard InChI is InChI=1S/C25H29ClN2O5/c1-3-32-24(31)28-11-10-19-20-12-17(26)6-9-21(20)27-22(19)23(28)16-4-7-18(8-5-16)33-15-25(2,13-29)14-30/h4-9,12,23,27,29-30H,3,10-11,13-15H2,1-2H3. The number of halogens is 1. The molecular weight excluding hydrogens is 444 g/mol. The van der Waals surface area contributed by atoms with Gasteiger partial charge in [-0.1, -0.05) is 30.7 Å². The van der Waals surface area contributed by atoms with Crippen molar-refractivity contribution in [1.29, 1.82) is 0 Å². The van der Waals surface area contributed by atoms with Crippen molar-refractivity contribution >= 4 is 28.6 Å². The predicted molar refractivity (Wildman–Crippen MR) is 127 cm³/mol. The first-order valence-corrected chi connectivity index (χ1v) is 11.4. The van der Waals surface area contributed by atoms with Crippen molar-refractivity contribution in [3.05, 3.63) is 64.3 Å². The van der Waals surface area contributed by atoms with E-state index < -0.39 is 5.41 Å². The zero-order chi connectivity index (χ0) is 23.6. The molecule has 0 radical (unpaired) electrons. The Balaban J connectivity index is 1.68. The van der Waals surface area contributed by atoms with Gasteiger partial charge in [-0.05, 0) is 54.8 Å². The molecule has 33 heavy (non-hydrogen) atoms. The van der Waals surface area contributed by atoms with E-state index in [1.807, 2.05) is 42.5 Å². The average molecular weight is 473 g/mol. The normalized spacial score (nSPS) is 16.0. The smallest absolute Gasteiger partial charge is 0.410 e. The number of aromatic amines is 1. The Kier molecular flexibility index (Phi) is 6.83. The van der Waals surface area contributed by atoms with Gasteiger partial charge in [-0.3, -0.25) is 4.90 Å². The molecule has 8 heteroatoms. The molecule has 176 valence electrons. The lowest BCUT2D eigenvalue weighted by Crippen LogP contribution is -2.41. The van der Waals surface area contributed by atoms with Crippen LogP contribution in [0.25, 0.3) is 10.9 Å². The van der Waals surface area contributed by atoms with Gasteiger partial charge in [0.25, 0.3) is 0 Å². The lowest BCUT2D eigenvalue weighted by molar-refractivity contribution is 0.0287. The van der Waals surface area contributed by atoms with Crippen molar-refractivity contribution in [2.45, 2.75) is 26.3 Å². The number of carbonyl (C=O) groups is 1. The van der Waals surface area contributed by atoms with E-state index in [9.17, 15) is 15.0 Å². The van der Waals surface area contributed by atoms with Gasteiger partial charge in [-0.15, -0.1) is 0 Å². The fraction of sp³-hybridized carbons (Fsp3) is 0.400. The first-order valence-electron chi connectivity index (χ1n) is 11.1. The van der Waals surface area contributed by atoms with E-state index in [-0.39, 0.29) is 32.0 Å². The van der Waals surface area contributed by atoms with Crippen molar-refractivity contribution < 1.29 is 24.5 Å². The van der Waals surface area contributed by atoms with E-state index in [2.05, 4.69) is 4.98 Å². The lowest BCUT2D eigenvalue weighted by atomic mass is 9.92. The van der Waals surface area contributed by atoms with Gasteiger partial charge >= 0.3 is 6.09 Å². The number of aliphatic hydroxyl groups is 2. The average Bonchev–Trinajstić information content (AvgIpc) is 3.20. The van der Waals surface area contributed by atoms with Crippen LogP contribution in [0.4, 0.5) is 4.79 Å². The minimum absolute atomic E-state index is 0.175. The van der Waals surface area contributed by atoms with E-state index in [1.165, 1.54) is 0 Å². The molecule has 1 aromatic heterocycles. The van der Waals surface area contributed by atoms with Crippen LogP contribution in [0.5, 0.6) is 5.75 Å². The molecule has 0 bridgehead atoms. The molecule has 1 atom stereocenters. The van der Waals surface area contributed by atoms with E-state index in [0.29, 0.717) is 30.3 Å². The van der Waals surface area contributed by atoms with Gasteiger partial charge in [-0.25, -0.2) is 4.79 Å². The Hall–Kier alpha value is -2.74. The highest BCUT2D eigenvalue weighted by molar-refractivity contribution is 6.31. The lowest BCUT2D eigenvalue weighted by Gasteiger charge is -2.35. The molecule has 1 unspecified atom stereocenters. The number of rotatable bonds is 7. The summed E-state index contributed by atoms with van der Waals surface area (Å²) in [5, 5.41) is 20.7. The number of aromatic nitrogens is 1. The number of carbonyl (C=O) groups excluding carboxylic acids is 1. The number of fused-ring (bicyclic) bond motifs is 3. The monoisotopic (exact) mass is 472 g/mol. The molecule has 4 rings (SSSR count). The van der Waals surface area contributed by atoms with Crippen LogP contribution in [0.3, 0.4) is 0 Å². The third kappa shape index (κ3) is 4.67. The third-order valence-corrected chi connectivity index (χ3v) is 6.37. The molecule has 3 aromatic rings. The fourth-order valence-electron chi connectivity index (χ4n) is 4.16. The highest BCUT2D eigenvalue weighted by atomic mass is 35.5. The zero-order valence-corrected chi connectivity index (χ0v) is 19.6. The molecule has 0 fully saturated rings. The number of hydrogen-bond acceptors (Lipinski definition) is 5. The third-order valence-electron chi connectivity index (χ3n) is 6.14. The molecule has 0 saturated carbocycles. The Bertz CT molecular complexity index is 1120. The maximum atomic E-state index is 12.8. The zero-order valence-electron chi connectivity index (χ0n) is 18.8. The van der Waals surface area contributed by atoms with Crippen molar-refractivity contribution in [2.24, 2.45) is 5.41 Å². The van der Waals surface area contributed by atoms with Gasteiger partial charge in [0.2, 0.25) is 0 Å². The molecular formula is C25H29ClN2O5. The second-order valence-corrected chi connectivity index (χ2v) is 9.17. The quantitative estimate of drug-likeness (QED) is 0.476. The topological polar surface area (TPSA) is 95.0 Å². The molecule has 0 aliphatic carbocycles. The molecule has 3 N–H and O–H groups in total. The largest absolute Gasteiger partial charge is 0.493 e. The number of ether oxygens (including phenoxy) is 2. The van der Waals surface area contributed by atoms with E-state index in [1.54, 1.807) is 18.7 Å². The van der Waals surface area contributed by atoms with E-state index in [0.717, 1.165) is 27.7 Å². The van der Waals surface area contributed by atoms with Crippen LogP contribution in [-0.2, 0) is 11.2 Å². The SMILES string of the molecule is CCOC(=O)N1CCc2c([nH]c3ccc(Cl)cc23)C1c1ccc(OCC(C)(CO)CO)cc1. The van der Waals surface area contributed by atoms with Gasteiger partial charge in [0.15, 0.2) is 0 Å². The molecule has 0 saturated heterocycles. The predicted octanol–water partition coefficient (Wildman–Crippen LogP) is 4.30. The van der Waals surface area contributed by atoms with Crippen molar-refractivity contribution in [3.63, 3.8) is 0 Å². The minimum Gasteiger partial charge on any atom is -0.493 e. The molecule has 2 heterocycles. The molecule has 1 amide bonds. The number of aliphatic hydroxyl groups excluding tert-OH is 2. The Morgan fingerprint density at radius 2 is 1.94 bits per heavy atom. The maximum absolute atomic E-state index is 12.8. The number of hydrogen-bond donors (Lipinski definition) is 3. The summed E-state index contributed by atoms with van der Waals surface area (Å²) < 4.78 is 11.1. The highest BCUT2D eigenvalue weighted by Crippen LogP contribution is 2.39. The molecule has 0 spiro atoms. The second-order valence-electron chi connectivity index (χ2n) is 8.74. The fourth-order valence-corrected chi connectivity index (χ4v) is 4.33. The summed E-state index contributed by atoms with van der Waals surface area (Å²) in [6.45, 7) is 4.22. The highest BCUT2D eigenvalue weighted by Gasteiger charge is 2.35. The second kappa shape index (κ2) is 9.63. The van der Waals surface area contributed by atoms with Gasteiger partial charge in [-0.2, -0.15) is 0 Å². The number of nitrogens with zero attached hydrogens (tertiary/aromatic N) is 1. The summed E-state index contributed by atoms with van der Waals surface area (Å²) in [6, 6.07) is 12.9. The van der Waals surface area contributed by atoms with Crippen LogP contribution in [0.1, 0.15) is 36.7 Å². The first kappa shape index (κ1) is 23.4. The summed E-state index contributed by atoms with van der Waals surface area (Å²) >= 11 is 6.25. The summed E-state index contributed by atoms with van der Waals surface area (Å²) in [5.41, 5.74) is 3.28. The maximum Gasteiger partial charge on any atom is 0.410 e.